The minimum Gasteiger partial charge on any atom is -0.461 e. The van der Waals surface area contributed by atoms with E-state index in [2.05, 4.69) is 10.6 Å². The lowest BCUT2D eigenvalue weighted by Crippen LogP contribution is -2.67. The highest BCUT2D eigenvalue weighted by Crippen LogP contribution is 2.42. The Bertz CT molecular complexity index is 1740. The fourth-order valence-corrected chi connectivity index (χ4v) is 7.82. The summed E-state index contributed by atoms with van der Waals surface area (Å²) in [6.45, 7) is 19.8. The molecular formula is C46H81N2O21P. The molecule has 0 aliphatic carbocycles. The molecule has 2 heterocycles. The van der Waals surface area contributed by atoms with E-state index >= 15 is 0 Å². The first kappa shape index (κ1) is 62.8. The number of phosphoric ester groups is 1. The van der Waals surface area contributed by atoms with Crippen molar-refractivity contribution < 1.29 is 101 Å². The molecular weight excluding hydrogens is 947 g/mol. The van der Waals surface area contributed by atoms with Crippen LogP contribution in [0.5, 0.6) is 0 Å². The van der Waals surface area contributed by atoms with E-state index in [-0.39, 0.29) is 18.3 Å². The molecule has 2 rings (SSSR count). The van der Waals surface area contributed by atoms with Crippen molar-refractivity contribution in [3.05, 3.63) is 0 Å². The Labute approximate surface area is 410 Å². The molecule has 2 fully saturated rings. The van der Waals surface area contributed by atoms with E-state index < -0.39 is 185 Å². The van der Waals surface area contributed by atoms with Crippen LogP contribution in [-0.2, 0) is 71.0 Å². The highest BCUT2D eigenvalue weighted by molar-refractivity contribution is 7.46. The summed E-state index contributed by atoms with van der Waals surface area (Å²) in [5.74, 6) is -7.33. The molecule has 2 amide bonds. The van der Waals surface area contributed by atoms with Crippen LogP contribution in [0.2, 0.25) is 0 Å². The molecule has 0 spiro atoms. The first-order valence-electron chi connectivity index (χ1n) is 24.1. The molecule has 2 aliphatic heterocycles. The average Bonchev–Trinajstić information content (AvgIpc) is 3.25. The fourth-order valence-electron chi connectivity index (χ4n) is 7.25. The first-order chi connectivity index (χ1) is 32.4. The minimum atomic E-state index is -5.52. The number of rotatable bonds is 27. The number of carbonyl (C=O) groups excluding carboxylic acids is 6. The monoisotopic (exact) mass is 1030 g/mol. The number of esters is 4. The molecule has 8 N–H and O–H groups in total. The van der Waals surface area contributed by atoms with Crippen LogP contribution in [0.4, 0.5) is 0 Å². The fraction of sp³-hybridized carbons (Fsp3) is 0.870. The zero-order valence-corrected chi connectivity index (χ0v) is 43.6. The zero-order valence-electron chi connectivity index (χ0n) is 42.8. The van der Waals surface area contributed by atoms with E-state index in [9.17, 15) is 63.5 Å². The quantitative estimate of drug-likeness (QED) is 0.0329. The molecule has 24 heteroatoms. The third kappa shape index (κ3) is 19.9. The average molecular weight is 1030 g/mol. The molecule has 2 aliphatic rings. The summed E-state index contributed by atoms with van der Waals surface area (Å²) in [7, 11) is -5.52. The Hall–Kier alpha value is -3.35. The van der Waals surface area contributed by atoms with Gasteiger partial charge in [0, 0.05) is 0 Å². The van der Waals surface area contributed by atoms with Crippen molar-refractivity contribution in [2.45, 2.75) is 208 Å². The summed E-state index contributed by atoms with van der Waals surface area (Å²) in [6.07, 6.45) is -19.0. The molecule has 70 heavy (non-hydrogen) atoms. The normalized spacial score (nSPS) is 27.4. The predicted octanol–water partition coefficient (Wildman–Crippen LogP) is 1.57. The maximum Gasteiger partial charge on any atom is 0.470 e. The van der Waals surface area contributed by atoms with Crippen LogP contribution in [-0.4, -0.2) is 165 Å². The second kappa shape index (κ2) is 28.8. The van der Waals surface area contributed by atoms with Crippen molar-refractivity contribution in [3.63, 3.8) is 0 Å². The Kier molecular flexibility index (Phi) is 25.8. The number of aliphatic hydroxyl groups is 4. The molecule has 11 unspecified atom stereocenters. The minimum absolute atomic E-state index is 0.290. The molecule has 2 saturated heterocycles. The summed E-state index contributed by atoms with van der Waals surface area (Å²) in [4.78, 5) is 99.8. The van der Waals surface area contributed by atoms with E-state index in [1.165, 1.54) is 6.92 Å². The second-order valence-electron chi connectivity index (χ2n) is 19.9. The van der Waals surface area contributed by atoms with Gasteiger partial charge in [-0.25, -0.2) is 4.57 Å². The Morgan fingerprint density at radius 1 is 0.643 bits per heavy atom. The van der Waals surface area contributed by atoms with E-state index in [0.717, 1.165) is 0 Å². The van der Waals surface area contributed by atoms with Crippen molar-refractivity contribution in [2.24, 2.45) is 35.5 Å². The molecule has 0 aromatic heterocycles. The van der Waals surface area contributed by atoms with Gasteiger partial charge in [0.05, 0.1) is 75.1 Å². The van der Waals surface area contributed by atoms with E-state index in [0.29, 0.717) is 6.42 Å². The van der Waals surface area contributed by atoms with Gasteiger partial charge in [0.1, 0.15) is 42.7 Å². The largest absolute Gasteiger partial charge is 0.470 e. The molecule has 406 valence electrons. The standard InChI is InChI=1S/C46H81N2O21P/c1-14-26(12)31(65-45(58)25(10)11)18-37(55)68-43-39(48-35(53)17-30(23(6)7)64-44(57)24(8)9)46(66-32(19-49)41(43)69-70(59,60)61)62-20-33-40(56)42(67-36(54)16-29(51)22(4)5)38(27(13)63-33)47-34(52)15-28(50)21(2)3/h21-33,38-43,46,49-51,56H,14-20H2,1-13H3,(H,47,52)(H,48,53)(H2,59,60,61)/t26?,27?,28-,29-,30-,31-,32?,33?,38?,39?,40?,41?,42?,43?,46?/m0/s1. The number of hydrogen-bond acceptors (Lipinski definition) is 19. The van der Waals surface area contributed by atoms with Gasteiger partial charge in [0.15, 0.2) is 18.5 Å². The van der Waals surface area contributed by atoms with Crippen molar-refractivity contribution in [1.82, 2.24) is 10.6 Å². The van der Waals surface area contributed by atoms with Crippen molar-refractivity contribution in [2.75, 3.05) is 13.2 Å². The maximum absolute atomic E-state index is 14.0. The summed E-state index contributed by atoms with van der Waals surface area (Å²) in [5.41, 5.74) is 0. The third-order valence-corrected chi connectivity index (χ3v) is 12.7. The molecule has 0 aromatic carbocycles. The Balaban J connectivity index is 2.70. The van der Waals surface area contributed by atoms with Crippen LogP contribution in [0, 0.1) is 35.5 Å². The van der Waals surface area contributed by atoms with Gasteiger partial charge >= 0.3 is 31.7 Å². The van der Waals surface area contributed by atoms with Gasteiger partial charge in [-0.05, 0) is 30.6 Å². The lowest BCUT2D eigenvalue weighted by Gasteiger charge is -2.47. The van der Waals surface area contributed by atoms with Crippen molar-refractivity contribution in [1.29, 1.82) is 0 Å². The molecule has 0 radical (unpaired) electrons. The van der Waals surface area contributed by atoms with Gasteiger partial charge in [-0.2, -0.15) is 0 Å². The summed E-state index contributed by atoms with van der Waals surface area (Å²) in [5, 5.41) is 48.5. The maximum atomic E-state index is 14.0. The van der Waals surface area contributed by atoms with Crippen molar-refractivity contribution >= 4 is 43.5 Å². The lowest BCUT2D eigenvalue weighted by atomic mass is 9.92. The number of amides is 2. The number of carbonyl (C=O) groups is 6. The number of phosphoric acid groups is 1. The Morgan fingerprint density at radius 2 is 1.14 bits per heavy atom. The van der Waals surface area contributed by atoms with Crippen LogP contribution in [0.1, 0.15) is 122 Å². The Morgan fingerprint density at radius 3 is 1.64 bits per heavy atom. The molecule has 0 aromatic rings. The SMILES string of the molecule is CCC(C)[C@H](CC(=O)OC1C(NC(=O)C[C@H](OC(=O)C(C)C)C(C)C)C(OCC2OC(C)C(NC(=O)C[C@H](O)C(C)C)C(OC(=O)C[C@H](O)C(C)C)C2O)OC(CO)C1OP(=O)(O)O)OC(=O)C(C)C. The third-order valence-electron chi connectivity index (χ3n) is 12.2. The van der Waals surface area contributed by atoms with E-state index in [4.69, 9.17) is 37.7 Å². The van der Waals surface area contributed by atoms with Gasteiger partial charge in [0.25, 0.3) is 0 Å². The van der Waals surface area contributed by atoms with Gasteiger partial charge in [-0.1, -0.05) is 89.5 Å². The number of ether oxygens (including phenoxy) is 7. The molecule has 0 saturated carbocycles. The van der Waals surface area contributed by atoms with Gasteiger partial charge in [0.2, 0.25) is 11.8 Å². The summed E-state index contributed by atoms with van der Waals surface area (Å²) < 4.78 is 58.6. The van der Waals surface area contributed by atoms with Crippen LogP contribution >= 0.6 is 7.82 Å². The smallest absolute Gasteiger partial charge is 0.461 e. The van der Waals surface area contributed by atoms with Crippen LogP contribution in [0.25, 0.3) is 0 Å². The van der Waals surface area contributed by atoms with Crippen LogP contribution in [0.15, 0.2) is 0 Å². The van der Waals surface area contributed by atoms with Gasteiger partial charge in [-0.3, -0.25) is 33.3 Å². The number of nitrogens with one attached hydrogen (secondary N) is 2. The van der Waals surface area contributed by atoms with E-state index in [1.54, 1.807) is 83.1 Å². The van der Waals surface area contributed by atoms with Crippen LogP contribution in [0.3, 0.4) is 0 Å². The number of hydrogen-bond donors (Lipinski definition) is 8. The lowest BCUT2D eigenvalue weighted by molar-refractivity contribution is -0.285. The summed E-state index contributed by atoms with van der Waals surface area (Å²) >= 11 is 0. The summed E-state index contributed by atoms with van der Waals surface area (Å²) in [6, 6.07) is -2.98. The topological polar surface area (TPSA) is 339 Å². The first-order valence-corrected chi connectivity index (χ1v) is 25.6. The van der Waals surface area contributed by atoms with Gasteiger partial charge < -0.3 is 74.0 Å². The molecule has 15 atom stereocenters. The predicted molar refractivity (Wildman–Crippen MR) is 246 cm³/mol. The highest BCUT2D eigenvalue weighted by atomic mass is 31.2. The number of aliphatic hydroxyl groups excluding tert-OH is 4. The second-order valence-corrected chi connectivity index (χ2v) is 21.1. The molecule has 0 bridgehead atoms. The van der Waals surface area contributed by atoms with Crippen LogP contribution < -0.4 is 10.6 Å². The van der Waals surface area contributed by atoms with Crippen molar-refractivity contribution in [3.8, 4) is 0 Å². The van der Waals surface area contributed by atoms with E-state index in [1.807, 2.05) is 0 Å². The van der Waals surface area contributed by atoms with Gasteiger partial charge in [-0.15, -0.1) is 0 Å². The molecule has 23 nitrogen and oxygen atoms in total. The highest BCUT2D eigenvalue weighted by Gasteiger charge is 2.54. The zero-order chi connectivity index (χ0) is 53.5.